The van der Waals surface area contributed by atoms with Crippen LogP contribution in [0.1, 0.15) is 51.7 Å². The molecule has 0 saturated heterocycles. The molecule has 2 aromatic rings. The fraction of sp³-hybridized carbons (Fsp3) is 0.417. The number of carbonyl (C=O) groups is 1. The highest BCUT2D eigenvalue weighted by molar-refractivity contribution is 5.83. The van der Waals surface area contributed by atoms with E-state index in [-0.39, 0.29) is 0 Å². The van der Waals surface area contributed by atoms with E-state index in [9.17, 15) is 4.79 Å². The third-order valence-electron chi connectivity index (χ3n) is 4.48. The average molecular weight is 426 g/mol. The predicted octanol–water partition coefficient (Wildman–Crippen LogP) is 2.41. The molecule has 0 bridgehead atoms. The lowest BCUT2D eigenvalue weighted by Gasteiger charge is -2.19. The van der Waals surface area contributed by atoms with E-state index in [1.807, 2.05) is 64.3 Å². The van der Waals surface area contributed by atoms with Crippen LogP contribution in [-0.4, -0.2) is 29.1 Å². The second-order valence-electron chi connectivity index (χ2n) is 8.44. The van der Waals surface area contributed by atoms with Crippen LogP contribution in [0.4, 0.5) is 4.79 Å². The Balaban J connectivity index is 2.16. The summed E-state index contributed by atoms with van der Waals surface area (Å²) in [6.45, 7) is 12.8. The van der Waals surface area contributed by atoms with Gasteiger partial charge in [0.15, 0.2) is 5.82 Å². The summed E-state index contributed by atoms with van der Waals surface area (Å²) in [7, 11) is 1.83. The van der Waals surface area contributed by atoms with Crippen LogP contribution in [0.2, 0.25) is 0 Å². The monoisotopic (exact) mass is 425 g/mol. The van der Waals surface area contributed by atoms with E-state index in [1.54, 1.807) is 0 Å². The molecule has 31 heavy (non-hydrogen) atoms. The molecule has 1 heterocycles. The zero-order valence-electron chi connectivity index (χ0n) is 19.3. The number of hydrogen-bond donors (Lipinski definition) is 3. The third kappa shape index (κ3) is 7.51. The molecule has 0 unspecified atom stereocenters. The van der Waals surface area contributed by atoms with Crippen LogP contribution in [0, 0.1) is 0 Å². The van der Waals surface area contributed by atoms with Crippen LogP contribution in [0.15, 0.2) is 41.5 Å². The molecule has 0 atom stereocenters. The minimum Gasteiger partial charge on any atom is -0.444 e. The Labute approximate surface area is 184 Å². The largest absolute Gasteiger partial charge is 0.444 e. The third-order valence-corrected chi connectivity index (χ3v) is 4.48. The number of aliphatic imine (C=N–C) groups is 1. The van der Waals surface area contributed by atoms with Crippen molar-refractivity contribution in [3.05, 3.63) is 58.2 Å². The fourth-order valence-corrected chi connectivity index (χ4v) is 3.07. The number of aromatic nitrogens is 1. The van der Waals surface area contributed by atoms with Gasteiger partial charge in [-0.15, -0.1) is 0 Å². The zero-order valence-corrected chi connectivity index (χ0v) is 19.3. The molecule has 0 aliphatic heterocycles. The Morgan fingerprint density at radius 2 is 1.84 bits per heavy atom. The number of amidine groups is 1. The van der Waals surface area contributed by atoms with Crippen molar-refractivity contribution in [2.75, 3.05) is 7.05 Å². The Kier molecular flexibility index (Phi) is 8.30. The maximum atomic E-state index is 11.8. The van der Waals surface area contributed by atoms with Crippen LogP contribution in [-0.2, 0) is 17.8 Å². The molecule has 7 nitrogen and oxygen atoms in total. The van der Waals surface area contributed by atoms with Crippen molar-refractivity contribution in [3.63, 3.8) is 0 Å². The van der Waals surface area contributed by atoms with E-state index in [2.05, 4.69) is 33.7 Å². The number of nitrogens with two attached hydrogens (primary N) is 1. The van der Waals surface area contributed by atoms with E-state index in [0.29, 0.717) is 24.7 Å². The number of carbonyl (C=O) groups excluding carboxylic acids is 1. The number of amides is 1. The molecule has 0 aliphatic carbocycles. The Morgan fingerprint density at radius 3 is 2.42 bits per heavy atom. The molecule has 0 saturated carbocycles. The molecule has 168 valence electrons. The van der Waals surface area contributed by atoms with Gasteiger partial charge in [0.05, 0.1) is 5.35 Å². The lowest BCUT2D eigenvalue weighted by atomic mass is 10.1. The van der Waals surface area contributed by atoms with Gasteiger partial charge < -0.3 is 25.7 Å². The van der Waals surface area contributed by atoms with Gasteiger partial charge in [-0.25, -0.2) is 9.79 Å². The smallest absolute Gasteiger partial charge is 0.407 e. The van der Waals surface area contributed by atoms with Gasteiger partial charge in [-0.3, -0.25) is 0 Å². The summed E-state index contributed by atoms with van der Waals surface area (Å²) in [5, 5.41) is 7.72. The summed E-state index contributed by atoms with van der Waals surface area (Å²) >= 11 is 0. The molecule has 0 aliphatic rings. The molecule has 7 heteroatoms. The number of benzene rings is 1. The highest BCUT2D eigenvalue weighted by atomic mass is 16.6. The average Bonchev–Trinajstić information content (AvgIpc) is 3.04. The molecule has 0 radical (unpaired) electrons. The molecule has 0 spiro atoms. The summed E-state index contributed by atoms with van der Waals surface area (Å²) < 4.78 is 7.37. The first-order chi connectivity index (χ1) is 14.6. The number of hydrogen-bond acceptors (Lipinski definition) is 4. The van der Waals surface area contributed by atoms with E-state index < -0.39 is 11.7 Å². The SMILES string of the molecule is C=c1ccn(Cc2ccc(CNC(=O)OC(C)(C)C)cc2)/c1=C(/N=C(/N)CCC)NC. The van der Waals surface area contributed by atoms with Crippen LogP contribution in [0.25, 0.3) is 12.4 Å². The van der Waals surface area contributed by atoms with Crippen molar-refractivity contribution in [1.82, 2.24) is 15.2 Å². The minimum absolute atomic E-state index is 0.413. The number of rotatable bonds is 8. The topological polar surface area (TPSA) is 93.7 Å². The van der Waals surface area contributed by atoms with Crippen molar-refractivity contribution in [2.24, 2.45) is 10.7 Å². The van der Waals surface area contributed by atoms with Crippen LogP contribution in [0.5, 0.6) is 0 Å². The zero-order chi connectivity index (χ0) is 23.0. The van der Waals surface area contributed by atoms with Gasteiger partial charge in [-0.2, -0.15) is 0 Å². The first-order valence-electron chi connectivity index (χ1n) is 10.6. The summed E-state index contributed by atoms with van der Waals surface area (Å²) in [4.78, 5) is 16.4. The van der Waals surface area contributed by atoms with Crippen molar-refractivity contribution in [1.29, 1.82) is 0 Å². The summed E-state index contributed by atoms with van der Waals surface area (Å²) in [6.07, 6.45) is 3.27. The van der Waals surface area contributed by atoms with Crippen LogP contribution < -0.4 is 26.9 Å². The van der Waals surface area contributed by atoms with Crippen molar-refractivity contribution < 1.29 is 9.53 Å². The number of nitrogens with one attached hydrogen (secondary N) is 2. The van der Waals surface area contributed by atoms with Gasteiger partial charge in [0.25, 0.3) is 0 Å². The molecule has 1 aromatic heterocycles. The first kappa shape index (κ1) is 24.1. The lowest BCUT2D eigenvalue weighted by molar-refractivity contribution is 0.0523. The van der Waals surface area contributed by atoms with Crippen LogP contribution in [0.3, 0.4) is 0 Å². The van der Waals surface area contributed by atoms with E-state index in [0.717, 1.165) is 34.5 Å². The van der Waals surface area contributed by atoms with Gasteiger partial charge in [0.1, 0.15) is 11.4 Å². The van der Waals surface area contributed by atoms with E-state index in [4.69, 9.17) is 10.5 Å². The molecule has 1 aromatic carbocycles. The summed E-state index contributed by atoms with van der Waals surface area (Å²) in [6, 6.07) is 10.1. The maximum absolute atomic E-state index is 11.8. The quantitative estimate of drug-likeness (QED) is 0.447. The van der Waals surface area contributed by atoms with Crippen LogP contribution >= 0.6 is 0 Å². The van der Waals surface area contributed by atoms with Crippen molar-refractivity contribution in [3.8, 4) is 0 Å². The lowest BCUT2D eigenvalue weighted by Crippen LogP contribution is -2.34. The maximum Gasteiger partial charge on any atom is 0.407 e. The molecule has 4 N–H and O–H groups in total. The number of alkyl carbamates (subject to hydrolysis) is 1. The Bertz CT molecular complexity index is 1010. The molecular weight excluding hydrogens is 390 g/mol. The second-order valence-corrected chi connectivity index (χ2v) is 8.44. The Hall–Kier alpha value is -3.22. The molecule has 1 amide bonds. The first-order valence-corrected chi connectivity index (χ1v) is 10.6. The second kappa shape index (κ2) is 10.7. The standard InChI is InChI=1S/C24H35N5O2/c1-7-8-20(25)28-22(26-6)21-17(2)13-14-29(21)16-19-11-9-18(10-12-19)15-27-23(30)31-24(3,4)5/h9-14,26H,2,7-8,15-16H2,1,3-6H3,(H2,25,28)(H,27,30)/b22-21+. The predicted molar refractivity (Wildman–Crippen MR) is 127 cm³/mol. The van der Waals surface area contributed by atoms with Gasteiger partial charge in [0.2, 0.25) is 0 Å². The molecule has 2 rings (SSSR count). The van der Waals surface area contributed by atoms with Gasteiger partial charge in [-0.1, -0.05) is 37.8 Å². The highest BCUT2D eigenvalue weighted by Crippen LogP contribution is 2.08. The van der Waals surface area contributed by atoms with Gasteiger partial charge >= 0.3 is 6.09 Å². The summed E-state index contributed by atoms with van der Waals surface area (Å²) in [5.41, 5.74) is 7.65. The highest BCUT2D eigenvalue weighted by Gasteiger charge is 2.15. The molecule has 0 fully saturated rings. The van der Waals surface area contributed by atoms with Crippen molar-refractivity contribution in [2.45, 2.75) is 59.2 Å². The van der Waals surface area contributed by atoms with Gasteiger partial charge in [-0.05, 0) is 49.6 Å². The molecular formula is C24H35N5O2. The fourth-order valence-electron chi connectivity index (χ4n) is 3.07. The van der Waals surface area contributed by atoms with Crippen molar-refractivity contribution >= 4 is 24.3 Å². The number of nitrogens with zero attached hydrogens (tertiary/aromatic N) is 2. The van der Waals surface area contributed by atoms with Gasteiger partial charge in [0, 0.05) is 32.8 Å². The van der Waals surface area contributed by atoms with E-state index in [1.165, 1.54) is 0 Å². The Morgan fingerprint density at radius 1 is 1.19 bits per heavy atom. The number of ether oxygens (including phenoxy) is 1. The summed E-state index contributed by atoms with van der Waals surface area (Å²) in [5.74, 6) is 1.31. The normalized spacial score (nSPS) is 13.0. The minimum atomic E-state index is -0.510. The van der Waals surface area contributed by atoms with E-state index >= 15 is 0 Å².